The first-order valence-corrected chi connectivity index (χ1v) is 11.6. The van der Waals surface area contributed by atoms with E-state index in [0.717, 1.165) is 18.3 Å². The number of anilines is 1. The summed E-state index contributed by atoms with van der Waals surface area (Å²) < 4.78 is 23.0. The Morgan fingerprint density at radius 3 is 2.30 bits per heavy atom. The molecule has 182 valence electrons. The van der Waals surface area contributed by atoms with Crippen LogP contribution in [0.1, 0.15) is 61.3 Å². The largest absolute Gasteiger partial charge is 0.494 e. The molecule has 0 atom stereocenters. The fourth-order valence-electron chi connectivity index (χ4n) is 3.70. The number of likely N-dealkylation sites (tertiary alicyclic amines) is 1. The highest BCUT2D eigenvalue weighted by atomic mass is 16.7. The average molecular weight is 460 g/mol. The standard InChI is InChI=1S/C24H37BN2O6/c1-22(2,3)31-21(29)27-13-11-17(12-14-27)16-30-20(28)26-19-10-8-9-18(15-19)25-32-23(4,5)24(6,7)33-25/h8-10,15,17H,11-14,16H2,1-7H3,(H,26,28). The van der Waals surface area contributed by atoms with Crippen molar-refractivity contribution in [1.29, 1.82) is 0 Å². The third kappa shape index (κ3) is 6.63. The number of hydrogen-bond donors (Lipinski definition) is 1. The highest BCUT2D eigenvalue weighted by Crippen LogP contribution is 2.36. The van der Waals surface area contributed by atoms with Crippen LogP contribution >= 0.6 is 0 Å². The Labute approximate surface area is 197 Å². The lowest BCUT2D eigenvalue weighted by atomic mass is 9.79. The zero-order chi connectivity index (χ0) is 24.4. The molecular formula is C24H37BN2O6. The maximum atomic E-state index is 12.3. The van der Waals surface area contributed by atoms with Crippen molar-refractivity contribution < 1.29 is 28.4 Å². The van der Waals surface area contributed by atoms with Gasteiger partial charge in [0.15, 0.2) is 0 Å². The second-order valence-corrected chi connectivity index (χ2v) is 10.8. The number of rotatable bonds is 4. The highest BCUT2D eigenvalue weighted by molar-refractivity contribution is 6.62. The molecule has 0 spiro atoms. The Morgan fingerprint density at radius 2 is 1.73 bits per heavy atom. The summed E-state index contributed by atoms with van der Waals surface area (Å²) in [6.07, 6.45) is 0.741. The van der Waals surface area contributed by atoms with Crippen LogP contribution in [0.15, 0.2) is 24.3 Å². The van der Waals surface area contributed by atoms with E-state index in [0.29, 0.717) is 25.4 Å². The molecule has 0 aromatic heterocycles. The average Bonchev–Trinajstić information content (AvgIpc) is 2.93. The van der Waals surface area contributed by atoms with Crippen LogP contribution in [0.4, 0.5) is 15.3 Å². The third-order valence-corrected chi connectivity index (χ3v) is 6.37. The Bertz CT molecular complexity index is 843. The number of ether oxygens (including phenoxy) is 2. The molecule has 2 amide bonds. The van der Waals surface area contributed by atoms with Gasteiger partial charge in [-0.2, -0.15) is 0 Å². The van der Waals surface area contributed by atoms with Crippen molar-refractivity contribution in [2.75, 3.05) is 25.0 Å². The van der Waals surface area contributed by atoms with E-state index in [1.807, 2.05) is 66.7 Å². The van der Waals surface area contributed by atoms with Gasteiger partial charge < -0.3 is 23.7 Å². The second-order valence-electron chi connectivity index (χ2n) is 10.8. The first-order valence-electron chi connectivity index (χ1n) is 11.6. The van der Waals surface area contributed by atoms with Gasteiger partial charge in [0.2, 0.25) is 0 Å². The van der Waals surface area contributed by atoms with Crippen LogP contribution in [0.2, 0.25) is 0 Å². The Kier molecular flexibility index (Phi) is 7.34. The van der Waals surface area contributed by atoms with Gasteiger partial charge in [-0.3, -0.25) is 5.32 Å². The van der Waals surface area contributed by atoms with Gasteiger partial charge in [0.05, 0.1) is 17.8 Å². The molecule has 1 N–H and O–H groups in total. The SMILES string of the molecule is CC(C)(C)OC(=O)N1CCC(COC(=O)Nc2cccc(B3OC(C)(C)C(C)(C)O3)c2)CC1. The molecule has 33 heavy (non-hydrogen) atoms. The summed E-state index contributed by atoms with van der Waals surface area (Å²) in [5, 5.41) is 2.78. The second kappa shape index (κ2) is 9.54. The van der Waals surface area contributed by atoms with Crippen LogP contribution in [0.3, 0.4) is 0 Å². The number of nitrogens with one attached hydrogen (secondary N) is 1. The number of carbonyl (C=O) groups excluding carboxylic acids is 2. The van der Waals surface area contributed by atoms with Crippen LogP contribution in [-0.2, 0) is 18.8 Å². The van der Waals surface area contributed by atoms with Crippen molar-refractivity contribution >= 4 is 30.5 Å². The predicted molar refractivity (Wildman–Crippen MR) is 128 cm³/mol. The minimum Gasteiger partial charge on any atom is -0.449 e. The first kappa shape index (κ1) is 25.4. The highest BCUT2D eigenvalue weighted by Gasteiger charge is 2.51. The molecule has 0 saturated carbocycles. The van der Waals surface area contributed by atoms with Crippen molar-refractivity contribution in [2.45, 2.75) is 78.1 Å². The van der Waals surface area contributed by atoms with Crippen LogP contribution in [0.5, 0.6) is 0 Å². The van der Waals surface area contributed by atoms with Gasteiger partial charge in [0.1, 0.15) is 5.60 Å². The van der Waals surface area contributed by atoms with Gasteiger partial charge in [-0.1, -0.05) is 12.1 Å². The summed E-state index contributed by atoms with van der Waals surface area (Å²) in [7, 11) is -0.497. The van der Waals surface area contributed by atoms with E-state index in [4.69, 9.17) is 18.8 Å². The third-order valence-electron chi connectivity index (χ3n) is 6.37. The van der Waals surface area contributed by atoms with E-state index in [2.05, 4.69) is 5.32 Å². The van der Waals surface area contributed by atoms with E-state index in [1.54, 1.807) is 11.0 Å². The molecule has 0 aliphatic carbocycles. The van der Waals surface area contributed by atoms with Gasteiger partial charge in [-0.25, -0.2) is 9.59 Å². The zero-order valence-electron chi connectivity index (χ0n) is 20.9. The molecule has 1 aromatic carbocycles. The topological polar surface area (TPSA) is 86.3 Å². The molecule has 0 radical (unpaired) electrons. The van der Waals surface area contributed by atoms with Crippen molar-refractivity contribution in [2.24, 2.45) is 5.92 Å². The van der Waals surface area contributed by atoms with E-state index in [1.165, 1.54) is 0 Å². The number of amides is 2. The van der Waals surface area contributed by atoms with Gasteiger partial charge >= 0.3 is 19.3 Å². The van der Waals surface area contributed by atoms with Crippen LogP contribution in [0, 0.1) is 5.92 Å². The molecule has 0 unspecified atom stereocenters. The normalized spacial score (nSPS) is 20.5. The lowest BCUT2D eigenvalue weighted by molar-refractivity contribution is 0.00578. The Hall–Kier alpha value is -2.26. The molecule has 3 rings (SSSR count). The number of hydrogen-bond acceptors (Lipinski definition) is 6. The smallest absolute Gasteiger partial charge is 0.449 e. The number of piperidine rings is 1. The van der Waals surface area contributed by atoms with E-state index >= 15 is 0 Å². The number of carbonyl (C=O) groups is 2. The summed E-state index contributed by atoms with van der Waals surface area (Å²) in [5.74, 6) is 0.213. The monoisotopic (exact) mass is 460 g/mol. The first-order chi connectivity index (χ1) is 15.3. The van der Waals surface area contributed by atoms with Crippen molar-refractivity contribution in [1.82, 2.24) is 4.90 Å². The molecule has 1 aromatic rings. The molecule has 2 saturated heterocycles. The molecule has 2 aliphatic rings. The molecule has 8 nitrogen and oxygen atoms in total. The summed E-state index contributed by atoms with van der Waals surface area (Å²) >= 11 is 0. The Balaban J connectivity index is 1.45. The summed E-state index contributed by atoms with van der Waals surface area (Å²) in [5.41, 5.74) is 0.0838. The Morgan fingerprint density at radius 1 is 1.12 bits per heavy atom. The molecule has 2 fully saturated rings. The lowest BCUT2D eigenvalue weighted by Crippen LogP contribution is -2.42. The predicted octanol–water partition coefficient (Wildman–Crippen LogP) is 4.18. The molecule has 2 heterocycles. The van der Waals surface area contributed by atoms with Gasteiger partial charge in [-0.05, 0) is 84.8 Å². The van der Waals surface area contributed by atoms with Crippen LogP contribution in [0.25, 0.3) is 0 Å². The summed E-state index contributed by atoms with van der Waals surface area (Å²) in [6.45, 7) is 15.1. The van der Waals surface area contributed by atoms with Crippen LogP contribution in [-0.4, -0.2) is 60.7 Å². The summed E-state index contributed by atoms with van der Waals surface area (Å²) in [6, 6.07) is 7.40. The van der Waals surface area contributed by atoms with E-state index in [-0.39, 0.29) is 12.0 Å². The van der Waals surface area contributed by atoms with Crippen LogP contribution < -0.4 is 10.8 Å². The minimum atomic E-state index is -0.505. The van der Waals surface area contributed by atoms with Crippen molar-refractivity contribution in [3.8, 4) is 0 Å². The molecule has 2 aliphatic heterocycles. The number of benzene rings is 1. The van der Waals surface area contributed by atoms with Crippen molar-refractivity contribution in [3.05, 3.63) is 24.3 Å². The lowest BCUT2D eigenvalue weighted by Gasteiger charge is -2.33. The van der Waals surface area contributed by atoms with E-state index in [9.17, 15) is 9.59 Å². The molecular weight excluding hydrogens is 423 g/mol. The molecule has 9 heteroatoms. The fourth-order valence-corrected chi connectivity index (χ4v) is 3.70. The van der Waals surface area contributed by atoms with Gasteiger partial charge in [0, 0.05) is 18.8 Å². The van der Waals surface area contributed by atoms with Gasteiger partial charge in [-0.15, -0.1) is 0 Å². The minimum absolute atomic E-state index is 0.213. The number of nitrogens with zero attached hydrogens (tertiary/aromatic N) is 1. The maximum Gasteiger partial charge on any atom is 0.494 e. The quantitative estimate of drug-likeness (QED) is 0.679. The molecule has 0 bridgehead atoms. The van der Waals surface area contributed by atoms with E-state index < -0.39 is 30.0 Å². The van der Waals surface area contributed by atoms with Crippen molar-refractivity contribution in [3.63, 3.8) is 0 Å². The summed E-state index contributed by atoms with van der Waals surface area (Å²) in [4.78, 5) is 26.2. The zero-order valence-corrected chi connectivity index (χ0v) is 20.9. The van der Waals surface area contributed by atoms with Gasteiger partial charge in [0.25, 0.3) is 0 Å². The fraction of sp³-hybridized carbons (Fsp3) is 0.667. The maximum absolute atomic E-state index is 12.3.